The number of carbonyl (C=O) groups is 1. The summed E-state index contributed by atoms with van der Waals surface area (Å²) in [5.41, 5.74) is 3.16. The average molecular weight is 388 g/mol. The van der Waals surface area contributed by atoms with Crippen molar-refractivity contribution < 1.29 is 4.79 Å². The molecule has 146 valence electrons. The minimum Gasteiger partial charge on any atom is -0.367 e. The predicted octanol–water partition coefficient (Wildman–Crippen LogP) is 3.86. The molecule has 0 saturated carbocycles. The first-order valence-electron chi connectivity index (χ1n) is 9.64. The molecule has 1 heterocycles. The largest absolute Gasteiger partial charge is 0.367 e. The van der Waals surface area contributed by atoms with Gasteiger partial charge in [-0.1, -0.05) is 30.3 Å². The van der Waals surface area contributed by atoms with Crippen molar-refractivity contribution in [2.75, 3.05) is 31.1 Å². The monoisotopic (exact) mass is 387 g/mol. The zero-order valence-electron chi connectivity index (χ0n) is 16.0. The summed E-state index contributed by atoms with van der Waals surface area (Å²) < 4.78 is 0. The molecule has 1 unspecified atom stereocenters. The van der Waals surface area contributed by atoms with Gasteiger partial charge in [0.15, 0.2) is 0 Å². The fourth-order valence-corrected chi connectivity index (χ4v) is 3.45. The molecule has 1 atom stereocenters. The van der Waals surface area contributed by atoms with E-state index in [9.17, 15) is 4.79 Å². The number of carbonyl (C=O) groups excluding carboxylic acids is 1. The number of hydrogen-bond donors (Lipinski definition) is 2. The number of amides is 1. The molecule has 27 heavy (non-hydrogen) atoms. The Morgan fingerprint density at radius 1 is 1.15 bits per heavy atom. The van der Waals surface area contributed by atoms with Gasteiger partial charge in [-0.2, -0.15) is 0 Å². The Morgan fingerprint density at radius 3 is 2.52 bits per heavy atom. The van der Waals surface area contributed by atoms with Crippen LogP contribution in [0.5, 0.6) is 0 Å². The van der Waals surface area contributed by atoms with Crippen molar-refractivity contribution >= 4 is 24.0 Å². The zero-order valence-corrected chi connectivity index (χ0v) is 16.8. The molecule has 3 rings (SSSR count). The van der Waals surface area contributed by atoms with Gasteiger partial charge >= 0.3 is 0 Å². The molecule has 1 aliphatic rings. The van der Waals surface area contributed by atoms with Crippen LogP contribution < -0.4 is 15.5 Å². The number of anilines is 1. The van der Waals surface area contributed by atoms with E-state index >= 15 is 0 Å². The number of nitrogens with one attached hydrogen (secondary N) is 2. The molecule has 2 N–H and O–H groups in total. The summed E-state index contributed by atoms with van der Waals surface area (Å²) in [6.07, 6.45) is 2.39. The fourth-order valence-electron chi connectivity index (χ4n) is 3.45. The second-order valence-electron chi connectivity index (χ2n) is 6.97. The van der Waals surface area contributed by atoms with Crippen LogP contribution in [0.25, 0.3) is 0 Å². The molecule has 0 aromatic heterocycles. The van der Waals surface area contributed by atoms with Gasteiger partial charge < -0.3 is 15.5 Å². The molecule has 2 aromatic carbocycles. The summed E-state index contributed by atoms with van der Waals surface area (Å²) in [7, 11) is 0. The Bertz CT molecular complexity index is 684. The van der Waals surface area contributed by atoms with E-state index in [1.807, 2.05) is 30.3 Å². The van der Waals surface area contributed by atoms with Crippen LogP contribution in [0.2, 0.25) is 0 Å². The molecule has 0 spiro atoms. The van der Waals surface area contributed by atoms with Gasteiger partial charge in [0.2, 0.25) is 0 Å². The highest BCUT2D eigenvalue weighted by molar-refractivity contribution is 5.94. The topological polar surface area (TPSA) is 44.4 Å². The molecule has 1 amide bonds. The number of rotatable bonds is 7. The van der Waals surface area contributed by atoms with Crippen LogP contribution in [0.3, 0.4) is 0 Å². The van der Waals surface area contributed by atoms with E-state index in [1.54, 1.807) is 0 Å². The van der Waals surface area contributed by atoms with Crippen LogP contribution in [0.1, 0.15) is 35.7 Å². The minimum absolute atomic E-state index is 0. The Labute approximate surface area is 168 Å². The first-order valence-corrected chi connectivity index (χ1v) is 9.64. The molecule has 4 nitrogen and oxygen atoms in total. The van der Waals surface area contributed by atoms with Crippen molar-refractivity contribution in [2.45, 2.75) is 26.3 Å². The Kier molecular flexibility index (Phi) is 8.62. The third-order valence-electron chi connectivity index (χ3n) is 5.04. The highest BCUT2D eigenvalue weighted by atomic mass is 35.5. The SMILES string of the molecule is CCN(Cc1ccccc1)c1ccc(C(=O)NCC2CCCNC2)cc1.Cl. The molecule has 2 aromatic rings. The van der Waals surface area contributed by atoms with E-state index in [0.29, 0.717) is 5.92 Å². The molecular weight excluding hydrogens is 358 g/mol. The lowest BCUT2D eigenvalue weighted by atomic mass is 9.99. The molecule has 0 aliphatic carbocycles. The van der Waals surface area contributed by atoms with E-state index in [0.717, 1.165) is 44.0 Å². The number of halogens is 1. The summed E-state index contributed by atoms with van der Waals surface area (Å²) in [5.74, 6) is 0.571. The van der Waals surface area contributed by atoms with E-state index in [2.05, 4.69) is 46.7 Å². The van der Waals surface area contributed by atoms with E-state index < -0.39 is 0 Å². The number of nitrogens with zero attached hydrogens (tertiary/aromatic N) is 1. The van der Waals surface area contributed by atoms with Crippen molar-refractivity contribution in [3.63, 3.8) is 0 Å². The number of hydrogen-bond acceptors (Lipinski definition) is 3. The van der Waals surface area contributed by atoms with Crippen molar-refractivity contribution in [1.82, 2.24) is 10.6 Å². The lowest BCUT2D eigenvalue weighted by Crippen LogP contribution is -2.38. The maximum Gasteiger partial charge on any atom is 0.251 e. The molecule has 1 saturated heterocycles. The third-order valence-corrected chi connectivity index (χ3v) is 5.04. The van der Waals surface area contributed by atoms with Gasteiger partial charge in [0.25, 0.3) is 5.91 Å². The molecule has 0 bridgehead atoms. The highest BCUT2D eigenvalue weighted by Gasteiger charge is 2.14. The molecule has 0 radical (unpaired) electrons. The van der Waals surface area contributed by atoms with Gasteiger partial charge in [0.05, 0.1) is 0 Å². The second-order valence-corrected chi connectivity index (χ2v) is 6.97. The smallest absolute Gasteiger partial charge is 0.251 e. The first kappa shape index (κ1) is 21.3. The quantitative estimate of drug-likeness (QED) is 0.758. The summed E-state index contributed by atoms with van der Waals surface area (Å²) in [4.78, 5) is 14.7. The summed E-state index contributed by atoms with van der Waals surface area (Å²) in [6, 6.07) is 18.4. The van der Waals surface area contributed by atoms with Crippen LogP contribution in [0.15, 0.2) is 54.6 Å². The van der Waals surface area contributed by atoms with Crippen molar-refractivity contribution in [3.8, 4) is 0 Å². The Hall–Kier alpha value is -2.04. The van der Waals surface area contributed by atoms with Gasteiger partial charge in [-0.05, 0) is 68.6 Å². The van der Waals surface area contributed by atoms with Crippen molar-refractivity contribution in [2.24, 2.45) is 5.92 Å². The lowest BCUT2D eigenvalue weighted by molar-refractivity contribution is 0.0945. The molecule has 5 heteroatoms. The fraction of sp³-hybridized carbons (Fsp3) is 0.409. The zero-order chi connectivity index (χ0) is 18.2. The summed E-state index contributed by atoms with van der Waals surface area (Å²) in [6.45, 7) is 6.81. The van der Waals surface area contributed by atoms with E-state index in [-0.39, 0.29) is 18.3 Å². The molecule has 1 aliphatic heterocycles. The van der Waals surface area contributed by atoms with Crippen molar-refractivity contribution in [1.29, 1.82) is 0 Å². The van der Waals surface area contributed by atoms with E-state index in [1.165, 1.54) is 18.4 Å². The standard InChI is InChI=1S/C22H29N3O.ClH/c1-2-25(17-18-7-4-3-5-8-18)21-12-10-20(11-13-21)22(26)24-16-19-9-6-14-23-15-19;/h3-5,7-8,10-13,19,23H,2,6,9,14-17H2,1H3,(H,24,26);1H. The number of benzene rings is 2. The van der Waals surface area contributed by atoms with Crippen LogP contribution >= 0.6 is 12.4 Å². The predicted molar refractivity (Wildman–Crippen MR) is 115 cm³/mol. The van der Waals surface area contributed by atoms with Crippen LogP contribution in [-0.4, -0.2) is 32.1 Å². The normalized spacial score (nSPS) is 16.3. The van der Waals surface area contributed by atoms with Gasteiger partial charge in [0.1, 0.15) is 0 Å². The molecule has 1 fully saturated rings. The maximum atomic E-state index is 12.4. The lowest BCUT2D eigenvalue weighted by Gasteiger charge is -2.24. The van der Waals surface area contributed by atoms with Crippen LogP contribution in [0.4, 0.5) is 5.69 Å². The van der Waals surface area contributed by atoms with Gasteiger partial charge in [-0.15, -0.1) is 12.4 Å². The van der Waals surface area contributed by atoms with Crippen LogP contribution in [0, 0.1) is 5.92 Å². The van der Waals surface area contributed by atoms with Crippen LogP contribution in [-0.2, 0) is 6.54 Å². The van der Waals surface area contributed by atoms with Gasteiger partial charge in [0, 0.05) is 30.9 Å². The molecular formula is C22H30ClN3O. The first-order chi connectivity index (χ1) is 12.8. The van der Waals surface area contributed by atoms with Gasteiger partial charge in [-0.25, -0.2) is 0 Å². The van der Waals surface area contributed by atoms with Gasteiger partial charge in [-0.3, -0.25) is 4.79 Å². The second kappa shape index (κ2) is 11.0. The average Bonchev–Trinajstić information content (AvgIpc) is 2.72. The Balaban J connectivity index is 0.00000261. The highest BCUT2D eigenvalue weighted by Crippen LogP contribution is 2.18. The van der Waals surface area contributed by atoms with Crippen molar-refractivity contribution in [3.05, 3.63) is 65.7 Å². The number of piperidine rings is 1. The van der Waals surface area contributed by atoms with E-state index in [4.69, 9.17) is 0 Å². The Morgan fingerprint density at radius 2 is 1.89 bits per heavy atom. The maximum absolute atomic E-state index is 12.4. The minimum atomic E-state index is 0. The summed E-state index contributed by atoms with van der Waals surface area (Å²) in [5, 5.41) is 6.47. The third kappa shape index (κ3) is 6.26. The summed E-state index contributed by atoms with van der Waals surface area (Å²) >= 11 is 0.